The SMILES string of the molecule is Cc1ccccc1[C@H]1[C@@H]2CN(S(=O)(=O)Cc3ccccc3)C[C@@H]2CN1C. The second kappa shape index (κ2) is 6.80. The van der Waals surface area contributed by atoms with Crippen LogP contribution < -0.4 is 0 Å². The average Bonchev–Trinajstić information content (AvgIpc) is 3.14. The molecular formula is C21H26N2O2S. The number of likely N-dealkylation sites (tertiary alicyclic amines) is 1. The van der Waals surface area contributed by atoms with Gasteiger partial charge < -0.3 is 0 Å². The Morgan fingerprint density at radius 2 is 1.65 bits per heavy atom. The number of hydrogen-bond donors (Lipinski definition) is 0. The molecule has 0 amide bonds. The van der Waals surface area contributed by atoms with E-state index in [1.807, 2.05) is 30.3 Å². The molecule has 26 heavy (non-hydrogen) atoms. The highest BCUT2D eigenvalue weighted by Gasteiger charge is 2.48. The summed E-state index contributed by atoms with van der Waals surface area (Å²) in [6.07, 6.45) is 0. The lowest BCUT2D eigenvalue weighted by Gasteiger charge is -2.28. The maximum atomic E-state index is 12.9. The van der Waals surface area contributed by atoms with Crippen LogP contribution in [-0.4, -0.2) is 44.3 Å². The van der Waals surface area contributed by atoms with Crippen LogP contribution in [0.1, 0.15) is 22.7 Å². The fourth-order valence-corrected chi connectivity index (χ4v) is 6.32. The summed E-state index contributed by atoms with van der Waals surface area (Å²) in [5.74, 6) is 0.875. The summed E-state index contributed by atoms with van der Waals surface area (Å²) in [6.45, 7) is 4.38. The Hall–Kier alpha value is -1.69. The molecule has 2 aromatic rings. The van der Waals surface area contributed by atoms with Crippen LogP contribution in [0.15, 0.2) is 54.6 Å². The quantitative estimate of drug-likeness (QED) is 0.831. The smallest absolute Gasteiger partial charge is 0.218 e. The molecule has 138 valence electrons. The van der Waals surface area contributed by atoms with Crippen molar-refractivity contribution in [2.45, 2.75) is 18.7 Å². The summed E-state index contributed by atoms with van der Waals surface area (Å²) in [7, 11) is -1.11. The van der Waals surface area contributed by atoms with Gasteiger partial charge in [-0.1, -0.05) is 54.6 Å². The van der Waals surface area contributed by atoms with E-state index in [1.165, 1.54) is 11.1 Å². The molecule has 2 aliphatic heterocycles. The first-order chi connectivity index (χ1) is 12.5. The largest absolute Gasteiger partial charge is 0.299 e. The molecule has 0 unspecified atom stereocenters. The van der Waals surface area contributed by atoms with E-state index >= 15 is 0 Å². The van der Waals surface area contributed by atoms with E-state index in [0.29, 0.717) is 31.0 Å². The van der Waals surface area contributed by atoms with Gasteiger partial charge in [0.25, 0.3) is 0 Å². The van der Waals surface area contributed by atoms with Crippen LogP contribution in [0.5, 0.6) is 0 Å². The Bertz CT molecular complexity index is 882. The van der Waals surface area contributed by atoms with Crippen LogP contribution in [0.25, 0.3) is 0 Å². The zero-order valence-electron chi connectivity index (χ0n) is 15.4. The molecule has 3 atom stereocenters. The Morgan fingerprint density at radius 3 is 2.38 bits per heavy atom. The molecule has 0 bridgehead atoms. The Morgan fingerprint density at radius 1 is 0.962 bits per heavy atom. The Balaban J connectivity index is 1.55. The highest BCUT2D eigenvalue weighted by atomic mass is 32.2. The van der Waals surface area contributed by atoms with Crippen LogP contribution in [0.3, 0.4) is 0 Å². The second-order valence-electron chi connectivity index (χ2n) is 7.72. The number of aryl methyl sites for hydroxylation is 1. The Kier molecular flexibility index (Phi) is 4.63. The predicted octanol–water partition coefficient (Wildman–Crippen LogP) is 3.06. The number of nitrogens with zero attached hydrogens (tertiary/aromatic N) is 2. The number of benzene rings is 2. The molecule has 5 heteroatoms. The molecule has 2 aromatic carbocycles. The van der Waals surface area contributed by atoms with E-state index in [4.69, 9.17) is 0 Å². The van der Waals surface area contributed by atoms with Gasteiger partial charge in [-0.15, -0.1) is 0 Å². The number of hydrogen-bond acceptors (Lipinski definition) is 3. The van der Waals surface area contributed by atoms with E-state index in [-0.39, 0.29) is 5.75 Å². The van der Waals surface area contributed by atoms with E-state index in [2.05, 4.69) is 43.1 Å². The van der Waals surface area contributed by atoms with Gasteiger partial charge in [0.05, 0.1) is 5.75 Å². The van der Waals surface area contributed by atoms with Gasteiger partial charge in [-0.25, -0.2) is 12.7 Å². The fraction of sp³-hybridized carbons (Fsp3) is 0.429. The minimum atomic E-state index is -3.27. The number of sulfonamides is 1. The van der Waals surface area contributed by atoms with Crippen LogP contribution in [0, 0.1) is 18.8 Å². The second-order valence-corrected chi connectivity index (χ2v) is 9.69. The van der Waals surface area contributed by atoms with Crippen molar-refractivity contribution in [3.05, 3.63) is 71.3 Å². The third-order valence-electron chi connectivity index (χ3n) is 5.95. The molecule has 2 aliphatic rings. The lowest BCUT2D eigenvalue weighted by molar-refractivity contribution is 0.260. The van der Waals surface area contributed by atoms with E-state index in [1.54, 1.807) is 4.31 Å². The normalized spacial score (nSPS) is 26.9. The summed E-state index contributed by atoms with van der Waals surface area (Å²) in [5.41, 5.74) is 3.48. The predicted molar refractivity (Wildman–Crippen MR) is 104 cm³/mol. The van der Waals surface area contributed by atoms with Crippen molar-refractivity contribution in [2.75, 3.05) is 26.7 Å². The van der Waals surface area contributed by atoms with E-state index in [9.17, 15) is 8.42 Å². The molecule has 0 spiro atoms. The van der Waals surface area contributed by atoms with Crippen LogP contribution in [0.2, 0.25) is 0 Å². The van der Waals surface area contributed by atoms with Crippen LogP contribution >= 0.6 is 0 Å². The van der Waals surface area contributed by atoms with Gasteiger partial charge in [-0.3, -0.25) is 4.90 Å². The van der Waals surface area contributed by atoms with Crippen molar-refractivity contribution in [3.63, 3.8) is 0 Å². The van der Waals surface area contributed by atoms with Gasteiger partial charge in [0.2, 0.25) is 10.0 Å². The van der Waals surface area contributed by atoms with E-state index < -0.39 is 10.0 Å². The molecule has 0 aliphatic carbocycles. The summed E-state index contributed by atoms with van der Waals surface area (Å²) >= 11 is 0. The molecule has 4 nitrogen and oxygen atoms in total. The van der Waals surface area contributed by atoms with Crippen molar-refractivity contribution >= 4 is 10.0 Å². The zero-order valence-corrected chi connectivity index (χ0v) is 16.2. The molecule has 0 radical (unpaired) electrons. The maximum absolute atomic E-state index is 12.9. The van der Waals surface area contributed by atoms with Crippen molar-refractivity contribution in [1.82, 2.24) is 9.21 Å². The first-order valence-electron chi connectivity index (χ1n) is 9.23. The standard InChI is InChI=1S/C21H26N2O2S/c1-16-8-6-7-11-19(16)21-20-14-23(13-18(20)12-22(21)2)26(24,25)15-17-9-4-3-5-10-17/h3-11,18,20-21H,12-15H2,1-2H3/t18-,20+,21-/m0/s1. The summed E-state index contributed by atoms with van der Waals surface area (Å²) in [5, 5.41) is 0. The highest BCUT2D eigenvalue weighted by molar-refractivity contribution is 7.88. The van der Waals surface area contributed by atoms with Crippen molar-refractivity contribution in [3.8, 4) is 0 Å². The zero-order chi connectivity index (χ0) is 18.3. The molecule has 0 saturated carbocycles. The molecule has 2 saturated heterocycles. The first kappa shape index (κ1) is 17.7. The first-order valence-corrected chi connectivity index (χ1v) is 10.8. The minimum Gasteiger partial charge on any atom is -0.299 e. The number of fused-ring (bicyclic) bond motifs is 1. The van der Waals surface area contributed by atoms with E-state index in [0.717, 1.165) is 12.1 Å². The fourth-order valence-electron chi connectivity index (χ4n) is 4.71. The van der Waals surface area contributed by atoms with Gasteiger partial charge in [-0.2, -0.15) is 0 Å². The highest BCUT2D eigenvalue weighted by Crippen LogP contribution is 2.45. The van der Waals surface area contributed by atoms with Gasteiger partial charge >= 0.3 is 0 Å². The van der Waals surface area contributed by atoms with Crippen molar-refractivity contribution in [2.24, 2.45) is 11.8 Å². The van der Waals surface area contributed by atoms with Crippen LogP contribution in [-0.2, 0) is 15.8 Å². The third-order valence-corrected chi connectivity index (χ3v) is 7.74. The molecule has 0 aromatic heterocycles. The van der Waals surface area contributed by atoms with Crippen molar-refractivity contribution < 1.29 is 8.42 Å². The molecule has 4 rings (SSSR count). The summed E-state index contributed by atoms with van der Waals surface area (Å²) in [6, 6.07) is 18.3. The minimum absolute atomic E-state index is 0.0954. The van der Waals surface area contributed by atoms with Gasteiger partial charge in [0, 0.05) is 25.7 Å². The van der Waals surface area contributed by atoms with Gasteiger partial charge in [0.15, 0.2) is 0 Å². The molecule has 2 heterocycles. The Labute approximate surface area is 156 Å². The van der Waals surface area contributed by atoms with Gasteiger partial charge in [0.1, 0.15) is 0 Å². The lowest BCUT2D eigenvalue weighted by Crippen LogP contribution is -2.34. The monoisotopic (exact) mass is 370 g/mol. The third kappa shape index (κ3) is 3.20. The summed E-state index contributed by atoms with van der Waals surface area (Å²) < 4.78 is 27.6. The van der Waals surface area contributed by atoms with Crippen LogP contribution in [0.4, 0.5) is 0 Å². The molecular weight excluding hydrogens is 344 g/mol. The van der Waals surface area contributed by atoms with Gasteiger partial charge in [-0.05, 0) is 42.5 Å². The maximum Gasteiger partial charge on any atom is 0.218 e. The topological polar surface area (TPSA) is 40.6 Å². The van der Waals surface area contributed by atoms with Crippen molar-refractivity contribution in [1.29, 1.82) is 0 Å². The summed E-state index contributed by atoms with van der Waals surface area (Å²) in [4.78, 5) is 2.40. The number of rotatable bonds is 4. The molecule has 2 fully saturated rings. The average molecular weight is 371 g/mol. The lowest BCUT2D eigenvalue weighted by atomic mass is 9.88. The molecule has 0 N–H and O–H groups in total.